The van der Waals surface area contributed by atoms with Crippen LogP contribution in [0.25, 0.3) is 0 Å². The van der Waals surface area contributed by atoms with Crippen LogP contribution in [-0.2, 0) is 14.2 Å². The minimum atomic E-state index is -0.354. The fourth-order valence-corrected chi connectivity index (χ4v) is 1.43. The Morgan fingerprint density at radius 1 is 1.15 bits per heavy atom. The van der Waals surface area contributed by atoms with E-state index < -0.39 is 0 Å². The Morgan fingerprint density at radius 3 is 2.00 bits per heavy atom. The van der Waals surface area contributed by atoms with Gasteiger partial charge < -0.3 is 19.5 Å². The van der Waals surface area contributed by atoms with Crippen LogP contribution in [0.5, 0.6) is 0 Å². The molecule has 0 aliphatic carbocycles. The van der Waals surface area contributed by atoms with E-state index in [4.69, 9.17) is 14.2 Å². The van der Waals surface area contributed by atoms with E-state index in [-0.39, 0.29) is 5.60 Å². The van der Waals surface area contributed by atoms with Gasteiger partial charge in [0.1, 0.15) is 5.60 Å². The fraction of sp³-hybridized carbons (Fsp3) is 1.00. The maximum atomic E-state index is 5.64. The Labute approximate surface area is 80.5 Å². The summed E-state index contributed by atoms with van der Waals surface area (Å²) in [4.78, 5) is 0. The first-order valence-electron chi connectivity index (χ1n) is 4.51. The van der Waals surface area contributed by atoms with Gasteiger partial charge in [0.05, 0.1) is 13.2 Å². The van der Waals surface area contributed by atoms with Gasteiger partial charge in [-0.2, -0.15) is 0 Å². The molecule has 0 aliphatic rings. The number of rotatable bonds is 8. The van der Waals surface area contributed by atoms with Gasteiger partial charge in [-0.1, -0.05) is 0 Å². The van der Waals surface area contributed by atoms with Crippen molar-refractivity contribution in [2.45, 2.75) is 12.5 Å². The molecular weight excluding hydrogens is 170 g/mol. The molecule has 4 heteroatoms. The van der Waals surface area contributed by atoms with Gasteiger partial charge in [-0.3, -0.25) is 0 Å². The predicted octanol–water partition coefficient (Wildman–Crippen LogP) is 0.274. The molecule has 13 heavy (non-hydrogen) atoms. The molecule has 0 atom stereocenters. The van der Waals surface area contributed by atoms with Gasteiger partial charge in [0.2, 0.25) is 0 Å². The van der Waals surface area contributed by atoms with E-state index in [9.17, 15) is 0 Å². The Morgan fingerprint density at radius 2 is 1.69 bits per heavy atom. The summed E-state index contributed by atoms with van der Waals surface area (Å²) in [6, 6.07) is 0. The predicted molar refractivity (Wildman–Crippen MR) is 52.0 cm³/mol. The number of nitrogens with one attached hydrogen (secondary N) is 1. The van der Waals surface area contributed by atoms with Crippen molar-refractivity contribution in [3.63, 3.8) is 0 Å². The van der Waals surface area contributed by atoms with Crippen molar-refractivity contribution in [1.82, 2.24) is 5.32 Å². The molecule has 0 saturated carbocycles. The molecule has 0 aromatic carbocycles. The van der Waals surface area contributed by atoms with Crippen LogP contribution in [0.15, 0.2) is 0 Å². The lowest BCUT2D eigenvalue weighted by molar-refractivity contribution is -0.117. The van der Waals surface area contributed by atoms with Crippen LogP contribution in [0.2, 0.25) is 0 Å². The molecule has 0 amide bonds. The van der Waals surface area contributed by atoms with Crippen LogP contribution in [-0.4, -0.2) is 53.2 Å². The zero-order chi connectivity index (χ0) is 10.2. The van der Waals surface area contributed by atoms with Crippen LogP contribution in [0.4, 0.5) is 0 Å². The van der Waals surface area contributed by atoms with Crippen molar-refractivity contribution in [2.24, 2.45) is 0 Å². The maximum absolute atomic E-state index is 5.64. The van der Waals surface area contributed by atoms with Crippen molar-refractivity contribution in [1.29, 1.82) is 0 Å². The first-order chi connectivity index (χ1) is 6.24. The standard InChI is InChI=1S/C9H21NO3/c1-5-13-9(6-10-2,7-11-3)8-12-4/h10H,5-8H2,1-4H3. The van der Waals surface area contributed by atoms with Gasteiger partial charge in [-0.05, 0) is 14.0 Å². The SMILES string of the molecule is CCOC(CNC)(COC)COC. The Kier molecular flexibility index (Phi) is 7.17. The summed E-state index contributed by atoms with van der Waals surface area (Å²) in [7, 11) is 5.22. The minimum Gasteiger partial charge on any atom is -0.382 e. The van der Waals surface area contributed by atoms with Gasteiger partial charge in [-0.15, -0.1) is 0 Å². The Hall–Kier alpha value is -0.160. The Bertz CT molecular complexity index is 89.9. The molecule has 0 bridgehead atoms. The van der Waals surface area contributed by atoms with Crippen LogP contribution in [0.3, 0.4) is 0 Å². The second-order valence-corrected chi connectivity index (χ2v) is 3.01. The number of hydrogen-bond donors (Lipinski definition) is 1. The van der Waals surface area contributed by atoms with Gasteiger partial charge in [-0.25, -0.2) is 0 Å². The lowest BCUT2D eigenvalue weighted by Gasteiger charge is -2.31. The number of hydrogen-bond acceptors (Lipinski definition) is 4. The average Bonchev–Trinajstić information content (AvgIpc) is 2.06. The fourth-order valence-electron chi connectivity index (χ4n) is 1.43. The van der Waals surface area contributed by atoms with E-state index in [1.807, 2.05) is 14.0 Å². The molecule has 0 aliphatic heterocycles. The molecule has 0 unspecified atom stereocenters. The van der Waals surface area contributed by atoms with E-state index in [2.05, 4.69) is 5.32 Å². The van der Waals surface area contributed by atoms with Crippen molar-refractivity contribution >= 4 is 0 Å². The van der Waals surface area contributed by atoms with Gasteiger partial charge in [0.25, 0.3) is 0 Å². The van der Waals surface area contributed by atoms with Crippen LogP contribution in [0.1, 0.15) is 6.92 Å². The quantitative estimate of drug-likeness (QED) is 0.598. The summed E-state index contributed by atoms with van der Waals surface area (Å²) in [5.41, 5.74) is -0.354. The minimum absolute atomic E-state index is 0.354. The summed E-state index contributed by atoms with van der Waals surface area (Å²) in [6.07, 6.45) is 0. The highest BCUT2D eigenvalue weighted by atomic mass is 16.6. The molecule has 0 heterocycles. The molecule has 0 radical (unpaired) electrons. The number of likely N-dealkylation sites (N-methyl/N-ethyl adjacent to an activating group) is 1. The van der Waals surface area contributed by atoms with Crippen molar-refractivity contribution < 1.29 is 14.2 Å². The highest BCUT2D eigenvalue weighted by Crippen LogP contribution is 2.11. The molecule has 0 aromatic rings. The summed E-state index contributed by atoms with van der Waals surface area (Å²) in [5.74, 6) is 0. The summed E-state index contributed by atoms with van der Waals surface area (Å²) >= 11 is 0. The zero-order valence-electron chi connectivity index (χ0n) is 9.05. The number of methoxy groups -OCH3 is 2. The highest BCUT2D eigenvalue weighted by Gasteiger charge is 2.30. The van der Waals surface area contributed by atoms with Crippen LogP contribution >= 0.6 is 0 Å². The third-order valence-electron chi connectivity index (χ3n) is 1.76. The van der Waals surface area contributed by atoms with E-state index >= 15 is 0 Å². The summed E-state index contributed by atoms with van der Waals surface area (Å²) < 4.78 is 15.9. The number of ether oxygens (including phenoxy) is 3. The highest BCUT2D eigenvalue weighted by molar-refractivity contribution is 4.82. The smallest absolute Gasteiger partial charge is 0.127 e. The van der Waals surface area contributed by atoms with E-state index in [1.165, 1.54) is 0 Å². The second-order valence-electron chi connectivity index (χ2n) is 3.01. The van der Waals surface area contributed by atoms with Crippen molar-refractivity contribution in [3.8, 4) is 0 Å². The maximum Gasteiger partial charge on any atom is 0.127 e. The lowest BCUT2D eigenvalue weighted by Crippen LogP contribution is -2.49. The molecular formula is C9H21NO3. The monoisotopic (exact) mass is 191 g/mol. The van der Waals surface area contributed by atoms with Gasteiger partial charge >= 0.3 is 0 Å². The molecule has 1 N–H and O–H groups in total. The van der Waals surface area contributed by atoms with Gasteiger partial charge in [0, 0.05) is 27.4 Å². The molecule has 4 nitrogen and oxygen atoms in total. The first-order valence-corrected chi connectivity index (χ1v) is 4.51. The molecule has 0 aromatic heterocycles. The molecule has 0 rings (SSSR count). The molecule has 0 saturated heterocycles. The van der Waals surface area contributed by atoms with E-state index in [1.54, 1.807) is 14.2 Å². The normalized spacial score (nSPS) is 12.0. The molecule has 0 fully saturated rings. The van der Waals surface area contributed by atoms with Crippen molar-refractivity contribution in [2.75, 3.05) is 47.6 Å². The topological polar surface area (TPSA) is 39.7 Å². The van der Waals surface area contributed by atoms with Crippen molar-refractivity contribution in [3.05, 3.63) is 0 Å². The summed E-state index contributed by atoms with van der Waals surface area (Å²) in [6.45, 7) is 4.43. The zero-order valence-corrected chi connectivity index (χ0v) is 9.05. The van der Waals surface area contributed by atoms with Crippen LogP contribution in [0, 0.1) is 0 Å². The molecule has 0 spiro atoms. The third-order valence-corrected chi connectivity index (χ3v) is 1.76. The van der Waals surface area contributed by atoms with E-state index in [0.717, 1.165) is 6.54 Å². The largest absolute Gasteiger partial charge is 0.382 e. The van der Waals surface area contributed by atoms with Crippen LogP contribution < -0.4 is 5.32 Å². The molecule has 80 valence electrons. The average molecular weight is 191 g/mol. The first kappa shape index (κ1) is 12.8. The lowest BCUT2D eigenvalue weighted by atomic mass is 10.1. The summed E-state index contributed by atoms with van der Waals surface area (Å²) in [5, 5.41) is 3.08. The second kappa shape index (κ2) is 7.26. The van der Waals surface area contributed by atoms with Gasteiger partial charge in [0.15, 0.2) is 0 Å². The Balaban J connectivity index is 4.19. The third kappa shape index (κ3) is 4.57. The van der Waals surface area contributed by atoms with E-state index in [0.29, 0.717) is 19.8 Å².